The van der Waals surface area contributed by atoms with Crippen molar-refractivity contribution in [2.75, 3.05) is 13.7 Å². The summed E-state index contributed by atoms with van der Waals surface area (Å²) in [6.07, 6.45) is 1.73. The largest absolute Gasteiger partial charge is 0.493 e. The smallest absolute Gasteiger partial charge is 0.264 e. The number of para-hydroxylation sites is 2. The zero-order valence-electron chi connectivity index (χ0n) is 10.5. The Morgan fingerprint density at radius 3 is 2.63 bits per heavy atom. The number of pyridine rings is 1. The molecule has 19 heavy (non-hydrogen) atoms. The predicted molar refractivity (Wildman–Crippen MR) is 76.9 cm³/mol. The van der Waals surface area contributed by atoms with Crippen LogP contribution in [0.5, 0.6) is 11.5 Å². The zero-order valence-corrected chi connectivity index (χ0v) is 12.1. The summed E-state index contributed by atoms with van der Waals surface area (Å²) < 4.78 is 13.0. The molecule has 0 saturated carbocycles. The number of methoxy groups -OCH3 is 1. The van der Waals surface area contributed by atoms with Gasteiger partial charge < -0.3 is 14.0 Å². The van der Waals surface area contributed by atoms with Gasteiger partial charge in [0.1, 0.15) is 6.61 Å². The molecule has 1 aromatic carbocycles. The van der Waals surface area contributed by atoms with Crippen LogP contribution in [0.4, 0.5) is 0 Å². The fourth-order valence-corrected chi connectivity index (χ4v) is 2.06. The number of halogens is 1. The van der Waals surface area contributed by atoms with Crippen molar-refractivity contribution in [3.8, 4) is 11.5 Å². The molecule has 0 aliphatic heterocycles. The highest BCUT2D eigenvalue weighted by atomic mass is 79.9. The first-order valence-corrected chi connectivity index (χ1v) is 6.62. The van der Waals surface area contributed by atoms with E-state index in [0.29, 0.717) is 29.1 Å². The van der Waals surface area contributed by atoms with Gasteiger partial charge in [-0.25, -0.2) is 0 Å². The van der Waals surface area contributed by atoms with Gasteiger partial charge in [0, 0.05) is 6.20 Å². The molecule has 0 N–H and O–H groups in total. The topological polar surface area (TPSA) is 40.5 Å². The third-order valence-electron chi connectivity index (χ3n) is 2.63. The van der Waals surface area contributed by atoms with E-state index in [1.807, 2.05) is 30.3 Å². The maximum Gasteiger partial charge on any atom is 0.264 e. The molecule has 2 aromatic rings. The molecule has 0 radical (unpaired) electrons. The van der Waals surface area contributed by atoms with E-state index in [1.54, 1.807) is 23.9 Å². The molecule has 4 nitrogen and oxygen atoms in total. The van der Waals surface area contributed by atoms with Crippen LogP contribution in [-0.4, -0.2) is 18.3 Å². The summed E-state index contributed by atoms with van der Waals surface area (Å²) in [5.41, 5.74) is -0.0638. The maximum atomic E-state index is 11.8. The van der Waals surface area contributed by atoms with Gasteiger partial charge in [0.2, 0.25) is 0 Å². The summed E-state index contributed by atoms with van der Waals surface area (Å²) in [4.78, 5) is 11.8. The minimum Gasteiger partial charge on any atom is -0.493 e. The SMILES string of the molecule is COc1ccccc1OCCn1cccc(Br)c1=O. The molecule has 0 bridgehead atoms. The highest BCUT2D eigenvalue weighted by Crippen LogP contribution is 2.25. The highest BCUT2D eigenvalue weighted by molar-refractivity contribution is 9.10. The van der Waals surface area contributed by atoms with Crippen molar-refractivity contribution in [3.05, 3.63) is 57.4 Å². The second-order valence-corrected chi connectivity index (χ2v) is 4.71. The van der Waals surface area contributed by atoms with Crippen molar-refractivity contribution < 1.29 is 9.47 Å². The van der Waals surface area contributed by atoms with Crippen molar-refractivity contribution in [3.63, 3.8) is 0 Å². The van der Waals surface area contributed by atoms with Gasteiger partial charge in [-0.05, 0) is 40.2 Å². The Morgan fingerprint density at radius 2 is 1.89 bits per heavy atom. The van der Waals surface area contributed by atoms with Crippen LogP contribution in [-0.2, 0) is 6.54 Å². The van der Waals surface area contributed by atoms with Crippen LogP contribution in [0.1, 0.15) is 0 Å². The molecule has 0 unspecified atom stereocenters. The molecule has 0 saturated heterocycles. The Labute approximate surface area is 119 Å². The van der Waals surface area contributed by atoms with E-state index in [1.165, 1.54) is 0 Å². The van der Waals surface area contributed by atoms with Gasteiger partial charge in [-0.3, -0.25) is 4.79 Å². The van der Waals surface area contributed by atoms with E-state index in [2.05, 4.69) is 15.9 Å². The molecule has 5 heteroatoms. The third-order valence-corrected chi connectivity index (χ3v) is 3.24. The first-order chi connectivity index (χ1) is 9.22. The zero-order chi connectivity index (χ0) is 13.7. The number of aromatic nitrogens is 1. The second-order valence-electron chi connectivity index (χ2n) is 3.85. The lowest BCUT2D eigenvalue weighted by Crippen LogP contribution is -2.22. The van der Waals surface area contributed by atoms with Crippen molar-refractivity contribution in [1.29, 1.82) is 0 Å². The highest BCUT2D eigenvalue weighted by Gasteiger charge is 2.03. The molecule has 0 fully saturated rings. The van der Waals surface area contributed by atoms with Crippen LogP contribution in [0, 0.1) is 0 Å². The summed E-state index contributed by atoms with van der Waals surface area (Å²) in [6, 6.07) is 11.0. The minimum atomic E-state index is -0.0638. The normalized spacial score (nSPS) is 10.2. The van der Waals surface area contributed by atoms with Crippen molar-refractivity contribution in [2.45, 2.75) is 6.54 Å². The van der Waals surface area contributed by atoms with E-state index in [0.717, 1.165) is 0 Å². The average Bonchev–Trinajstić information content (AvgIpc) is 2.44. The molecular weight excluding hydrogens is 310 g/mol. The van der Waals surface area contributed by atoms with Gasteiger partial charge in [-0.15, -0.1) is 0 Å². The minimum absolute atomic E-state index is 0.0638. The van der Waals surface area contributed by atoms with Gasteiger partial charge in [-0.2, -0.15) is 0 Å². The summed E-state index contributed by atoms with van der Waals surface area (Å²) in [7, 11) is 1.60. The van der Waals surface area contributed by atoms with E-state index >= 15 is 0 Å². The lowest BCUT2D eigenvalue weighted by molar-refractivity contribution is 0.278. The van der Waals surface area contributed by atoms with Crippen LogP contribution in [0.3, 0.4) is 0 Å². The van der Waals surface area contributed by atoms with Crippen LogP contribution in [0.25, 0.3) is 0 Å². The fourth-order valence-electron chi connectivity index (χ4n) is 1.68. The molecule has 0 amide bonds. The molecule has 0 atom stereocenters. The Morgan fingerprint density at radius 1 is 1.16 bits per heavy atom. The van der Waals surface area contributed by atoms with Gasteiger partial charge in [0.15, 0.2) is 11.5 Å². The quantitative estimate of drug-likeness (QED) is 0.849. The van der Waals surface area contributed by atoms with Crippen LogP contribution >= 0.6 is 15.9 Å². The van der Waals surface area contributed by atoms with Gasteiger partial charge in [0.05, 0.1) is 18.1 Å². The molecule has 100 valence electrons. The fraction of sp³-hybridized carbons (Fsp3) is 0.214. The van der Waals surface area contributed by atoms with Crippen LogP contribution in [0.15, 0.2) is 51.9 Å². The maximum absolute atomic E-state index is 11.8. The Kier molecular flexibility index (Phi) is 4.63. The number of benzene rings is 1. The average molecular weight is 324 g/mol. The standard InChI is InChI=1S/C14H14BrNO3/c1-18-12-6-2-3-7-13(12)19-10-9-16-8-4-5-11(15)14(16)17/h2-8H,9-10H2,1H3. The Bertz CT molecular complexity index is 610. The number of hydrogen-bond acceptors (Lipinski definition) is 3. The summed E-state index contributed by atoms with van der Waals surface area (Å²) >= 11 is 3.21. The summed E-state index contributed by atoms with van der Waals surface area (Å²) in [5, 5.41) is 0. The van der Waals surface area contributed by atoms with Gasteiger partial charge >= 0.3 is 0 Å². The van der Waals surface area contributed by atoms with Crippen LogP contribution in [0.2, 0.25) is 0 Å². The molecule has 1 heterocycles. The van der Waals surface area contributed by atoms with Crippen LogP contribution < -0.4 is 15.0 Å². The molecular formula is C14H14BrNO3. The molecule has 0 aliphatic rings. The predicted octanol–water partition coefficient (Wildman–Crippen LogP) is 2.70. The van der Waals surface area contributed by atoms with E-state index < -0.39 is 0 Å². The monoisotopic (exact) mass is 323 g/mol. The first-order valence-electron chi connectivity index (χ1n) is 5.83. The first kappa shape index (κ1) is 13.7. The van der Waals surface area contributed by atoms with Crippen molar-refractivity contribution >= 4 is 15.9 Å². The second kappa shape index (κ2) is 6.43. The van der Waals surface area contributed by atoms with E-state index in [4.69, 9.17) is 9.47 Å². The number of nitrogens with zero attached hydrogens (tertiary/aromatic N) is 1. The third kappa shape index (κ3) is 3.38. The lowest BCUT2D eigenvalue weighted by atomic mass is 10.3. The molecule has 0 aliphatic carbocycles. The van der Waals surface area contributed by atoms with E-state index in [9.17, 15) is 4.79 Å². The van der Waals surface area contributed by atoms with Crippen molar-refractivity contribution in [1.82, 2.24) is 4.57 Å². The van der Waals surface area contributed by atoms with Gasteiger partial charge in [-0.1, -0.05) is 12.1 Å². The number of hydrogen-bond donors (Lipinski definition) is 0. The molecule has 0 spiro atoms. The van der Waals surface area contributed by atoms with E-state index in [-0.39, 0.29) is 5.56 Å². The van der Waals surface area contributed by atoms with Gasteiger partial charge in [0.25, 0.3) is 5.56 Å². The lowest BCUT2D eigenvalue weighted by Gasteiger charge is -2.11. The molecule has 1 aromatic heterocycles. The number of ether oxygens (including phenoxy) is 2. The number of rotatable bonds is 5. The molecule has 2 rings (SSSR count). The summed E-state index contributed by atoms with van der Waals surface area (Å²) in [6.45, 7) is 0.882. The Hall–Kier alpha value is -1.75. The Balaban J connectivity index is 2.00. The van der Waals surface area contributed by atoms with Crippen molar-refractivity contribution in [2.24, 2.45) is 0 Å². The summed E-state index contributed by atoms with van der Waals surface area (Å²) in [5.74, 6) is 1.36.